The van der Waals surface area contributed by atoms with Crippen LogP contribution >= 0.6 is 0 Å². The van der Waals surface area contributed by atoms with Crippen molar-refractivity contribution in [1.29, 1.82) is 0 Å². The van der Waals surface area contributed by atoms with Gasteiger partial charge in [0.25, 0.3) is 0 Å². The van der Waals surface area contributed by atoms with Crippen LogP contribution in [0.5, 0.6) is 0 Å². The molecule has 5 heteroatoms. The van der Waals surface area contributed by atoms with Crippen LogP contribution in [0.1, 0.15) is 24.2 Å². The predicted molar refractivity (Wildman–Crippen MR) is 57.5 cm³/mol. The third-order valence-electron chi connectivity index (χ3n) is 2.04. The highest BCUT2D eigenvalue weighted by Crippen LogP contribution is 2.19. The fourth-order valence-electron chi connectivity index (χ4n) is 1.42. The quantitative estimate of drug-likeness (QED) is 0.444. The zero-order valence-corrected chi connectivity index (χ0v) is 9.17. The van der Waals surface area contributed by atoms with Gasteiger partial charge in [-0.3, -0.25) is 14.9 Å². The van der Waals surface area contributed by atoms with Crippen molar-refractivity contribution in [2.75, 3.05) is 6.54 Å². The van der Waals surface area contributed by atoms with E-state index in [4.69, 9.17) is 4.74 Å². The summed E-state index contributed by atoms with van der Waals surface area (Å²) in [6.07, 6.45) is -0.813. The van der Waals surface area contributed by atoms with Crippen LogP contribution < -0.4 is 0 Å². The Labute approximate surface area is 93.2 Å². The number of ether oxygens (including phenoxy) is 1. The molecule has 16 heavy (non-hydrogen) atoms. The van der Waals surface area contributed by atoms with Gasteiger partial charge in [-0.25, -0.2) is 0 Å². The Morgan fingerprint density at radius 2 is 2.25 bits per heavy atom. The van der Waals surface area contributed by atoms with Crippen LogP contribution in [-0.2, 0) is 9.53 Å². The maximum Gasteiger partial charge on any atom is 0.303 e. The van der Waals surface area contributed by atoms with Crippen LogP contribution in [0, 0.1) is 17.0 Å². The van der Waals surface area contributed by atoms with E-state index in [2.05, 4.69) is 0 Å². The molecule has 86 valence electrons. The van der Waals surface area contributed by atoms with E-state index in [1.807, 2.05) is 13.0 Å². The maximum absolute atomic E-state index is 10.8. The van der Waals surface area contributed by atoms with Crippen molar-refractivity contribution in [1.82, 2.24) is 0 Å². The summed E-state index contributed by atoms with van der Waals surface area (Å²) in [6.45, 7) is 2.70. The first kappa shape index (κ1) is 12.2. The molecule has 0 aliphatic heterocycles. The van der Waals surface area contributed by atoms with Gasteiger partial charge in [0.1, 0.15) is 0 Å². The molecule has 0 aromatic heterocycles. The molecule has 5 nitrogen and oxygen atoms in total. The number of hydrogen-bond acceptors (Lipinski definition) is 4. The van der Waals surface area contributed by atoms with E-state index in [-0.39, 0.29) is 0 Å². The fraction of sp³-hybridized carbons (Fsp3) is 0.364. The molecule has 0 heterocycles. The lowest BCUT2D eigenvalue weighted by Crippen LogP contribution is -2.18. The molecule has 1 aromatic carbocycles. The predicted octanol–water partition coefficient (Wildman–Crippen LogP) is 1.88. The zero-order valence-electron chi connectivity index (χ0n) is 9.17. The van der Waals surface area contributed by atoms with Crippen molar-refractivity contribution in [3.63, 3.8) is 0 Å². The molecule has 0 amide bonds. The molecule has 0 radical (unpaired) electrons. The number of rotatable bonds is 4. The Morgan fingerprint density at radius 3 is 2.75 bits per heavy atom. The smallest absolute Gasteiger partial charge is 0.303 e. The average molecular weight is 223 g/mol. The number of carbonyl (C=O) groups is 1. The van der Waals surface area contributed by atoms with Crippen molar-refractivity contribution >= 4 is 5.97 Å². The van der Waals surface area contributed by atoms with Crippen LogP contribution in [-0.4, -0.2) is 17.4 Å². The number of nitro groups is 1. The van der Waals surface area contributed by atoms with Gasteiger partial charge >= 0.3 is 5.97 Å². The fourth-order valence-corrected chi connectivity index (χ4v) is 1.42. The van der Waals surface area contributed by atoms with Gasteiger partial charge in [0.15, 0.2) is 6.10 Å². The van der Waals surface area contributed by atoms with Crippen LogP contribution in [0.2, 0.25) is 0 Å². The molecular weight excluding hydrogens is 210 g/mol. The SMILES string of the molecule is CC(=O)O[C@H](C[N+](=O)[O-])c1cccc(C)c1. The summed E-state index contributed by atoms with van der Waals surface area (Å²) < 4.78 is 4.92. The van der Waals surface area contributed by atoms with Crippen molar-refractivity contribution in [2.24, 2.45) is 0 Å². The van der Waals surface area contributed by atoms with E-state index in [9.17, 15) is 14.9 Å². The molecule has 1 atom stereocenters. The largest absolute Gasteiger partial charge is 0.451 e. The molecule has 0 fully saturated rings. The Kier molecular flexibility index (Phi) is 3.99. The maximum atomic E-state index is 10.8. The molecule has 0 saturated heterocycles. The standard InChI is InChI=1S/C11H13NO4/c1-8-4-3-5-10(6-8)11(7-12(14)15)16-9(2)13/h3-6,11H,7H2,1-2H3/t11-/m1/s1. The van der Waals surface area contributed by atoms with Gasteiger partial charge in [0, 0.05) is 11.8 Å². The second-order valence-corrected chi connectivity index (χ2v) is 3.53. The Morgan fingerprint density at radius 1 is 1.56 bits per heavy atom. The van der Waals surface area contributed by atoms with Gasteiger partial charge in [0.05, 0.1) is 0 Å². The lowest BCUT2D eigenvalue weighted by Gasteiger charge is -2.13. The van der Waals surface area contributed by atoms with Crippen LogP contribution in [0.15, 0.2) is 24.3 Å². The average Bonchev–Trinajstić information content (AvgIpc) is 2.15. The lowest BCUT2D eigenvalue weighted by molar-refractivity contribution is -0.491. The molecular formula is C11H13NO4. The topological polar surface area (TPSA) is 69.4 Å². The summed E-state index contributed by atoms with van der Waals surface area (Å²) in [7, 11) is 0. The van der Waals surface area contributed by atoms with Crippen molar-refractivity contribution in [3.05, 3.63) is 45.5 Å². The van der Waals surface area contributed by atoms with Crippen molar-refractivity contribution < 1.29 is 14.5 Å². The molecule has 0 aliphatic carbocycles. The highest BCUT2D eigenvalue weighted by Gasteiger charge is 2.20. The third-order valence-corrected chi connectivity index (χ3v) is 2.04. The number of hydrogen-bond donors (Lipinski definition) is 0. The zero-order chi connectivity index (χ0) is 12.1. The molecule has 1 rings (SSSR count). The van der Waals surface area contributed by atoms with Crippen molar-refractivity contribution in [2.45, 2.75) is 20.0 Å². The van der Waals surface area contributed by atoms with Gasteiger partial charge in [-0.2, -0.15) is 0 Å². The Hall–Kier alpha value is -1.91. The highest BCUT2D eigenvalue weighted by molar-refractivity contribution is 5.66. The Bertz CT molecular complexity index is 387. The first-order valence-electron chi connectivity index (χ1n) is 4.84. The van der Waals surface area contributed by atoms with E-state index in [0.717, 1.165) is 5.56 Å². The van der Waals surface area contributed by atoms with Gasteiger partial charge in [0.2, 0.25) is 6.54 Å². The highest BCUT2D eigenvalue weighted by atomic mass is 16.6. The molecule has 0 aliphatic rings. The summed E-state index contributed by atoms with van der Waals surface area (Å²) in [5.74, 6) is -0.520. The van der Waals surface area contributed by atoms with Crippen molar-refractivity contribution in [3.8, 4) is 0 Å². The summed E-state index contributed by atoms with van der Waals surface area (Å²) in [6, 6.07) is 7.14. The number of benzene rings is 1. The first-order valence-corrected chi connectivity index (χ1v) is 4.84. The number of aryl methyl sites for hydroxylation is 1. The van der Waals surface area contributed by atoms with E-state index in [0.29, 0.717) is 5.56 Å². The number of esters is 1. The van der Waals surface area contributed by atoms with Crippen LogP contribution in [0.4, 0.5) is 0 Å². The van der Waals surface area contributed by atoms with E-state index in [1.165, 1.54) is 6.92 Å². The van der Waals surface area contributed by atoms with Gasteiger partial charge in [-0.05, 0) is 12.5 Å². The summed E-state index contributed by atoms with van der Waals surface area (Å²) >= 11 is 0. The molecule has 0 saturated carbocycles. The minimum Gasteiger partial charge on any atom is -0.451 e. The summed E-state index contributed by atoms with van der Waals surface area (Å²) in [5, 5.41) is 10.5. The molecule has 0 unspecified atom stereocenters. The minimum absolute atomic E-state index is 0.414. The molecule has 1 aromatic rings. The normalized spacial score (nSPS) is 11.9. The van der Waals surface area contributed by atoms with E-state index < -0.39 is 23.5 Å². The van der Waals surface area contributed by atoms with Gasteiger partial charge < -0.3 is 4.74 Å². The van der Waals surface area contributed by atoms with Crippen LogP contribution in [0.3, 0.4) is 0 Å². The molecule has 0 bridgehead atoms. The van der Waals surface area contributed by atoms with Gasteiger partial charge in [-0.1, -0.05) is 29.8 Å². The Balaban J connectivity index is 2.90. The van der Waals surface area contributed by atoms with E-state index in [1.54, 1.807) is 18.2 Å². The number of carbonyl (C=O) groups excluding carboxylic acids is 1. The second kappa shape index (κ2) is 5.25. The summed E-state index contributed by atoms with van der Waals surface area (Å²) in [4.78, 5) is 20.8. The van der Waals surface area contributed by atoms with E-state index >= 15 is 0 Å². The minimum atomic E-state index is -0.813. The third kappa shape index (κ3) is 3.68. The lowest BCUT2D eigenvalue weighted by atomic mass is 10.1. The number of nitrogens with zero attached hydrogens (tertiary/aromatic N) is 1. The summed E-state index contributed by atoms with van der Waals surface area (Å²) in [5.41, 5.74) is 1.62. The van der Waals surface area contributed by atoms with Crippen LogP contribution in [0.25, 0.3) is 0 Å². The molecule has 0 spiro atoms. The molecule has 0 N–H and O–H groups in total. The second-order valence-electron chi connectivity index (χ2n) is 3.53. The van der Waals surface area contributed by atoms with Gasteiger partial charge in [-0.15, -0.1) is 0 Å². The monoisotopic (exact) mass is 223 g/mol. The first-order chi connectivity index (χ1) is 7.49.